The van der Waals surface area contributed by atoms with Crippen molar-refractivity contribution in [2.45, 2.75) is 18.2 Å². The topological polar surface area (TPSA) is 95.2 Å². The molecule has 0 heterocycles. The van der Waals surface area contributed by atoms with Gasteiger partial charge in [-0.15, -0.1) is 0 Å². The highest BCUT2D eigenvalue weighted by atomic mass is 32.2. The lowest BCUT2D eigenvalue weighted by molar-refractivity contribution is -0.117. The highest BCUT2D eigenvalue weighted by Crippen LogP contribution is 2.27. The molecule has 3 rings (SSSR count). The lowest BCUT2D eigenvalue weighted by atomic mass is 10.00. The Morgan fingerprint density at radius 2 is 1.64 bits per heavy atom. The second-order valence-electron chi connectivity index (χ2n) is 6.47. The van der Waals surface area contributed by atoms with Gasteiger partial charge < -0.3 is 15.6 Å². The van der Waals surface area contributed by atoms with E-state index in [0.29, 0.717) is 17.7 Å². The van der Waals surface area contributed by atoms with Crippen molar-refractivity contribution >= 4 is 22.7 Å². The smallest absolute Gasteiger partial charge is 0.241 e. The van der Waals surface area contributed by atoms with Crippen molar-refractivity contribution in [3.8, 4) is 11.1 Å². The molecule has 0 aliphatic carbocycles. The summed E-state index contributed by atoms with van der Waals surface area (Å²) in [6.45, 7) is 0. The summed E-state index contributed by atoms with van der Waals surface area (Å²) in [6.07, 6.45) is 0.423. The fraction of sp³-hybridized carbons (Fsp3) is 0.136. The Morgan fingerprint density at radius 1 is 1.00 bits per heavy atom. The summed E-state index contributed by atoms with van der Waals surface area (Å²) in [6, 6.07) is 23.6. The molecule has 0 bridgehead atoms. The van der Waals surface area contributed by atoms with E-state index in [1.54, 1.807) is 12.1 Å². The molecule has 144 valence electrons. The Bertz CT molecular complexity index is 962. The molecule has 3 aromatic rings. The van der Waals surface area contributed by atoms with E-state index in [4.69, 9.17) is 5.73 Å². The number of hydrogen-bond donors (Lipinski definition) is 2. The molecular weight excluding hydrogens is 372 g/mol. The number of nitrogens with two attached hydrogens (primary N) is 1. The number of carbonyl (C=O) groups excluding carboxylic acids is 1. The number of anilines is 1. The predicted octanol–water partition coefficient (Wildman–Crippen LogP) is 3.24. The van der Waals surface area contributed by atoms with Crippen LogP contribution in [0.1, 0.15) is 11.1 Å². The third kappa shape index (κ3) is 5.36. The van der Waals surface area contributed by atoms with E-state index in [1.165, 1.54) is 0 Å². The normalized spacial score (nSPS) is 12.9. The summed E-state index contributed by atoms with van der Waals surface area (Å²) < 4.78 is 22.6. The molecule has 1 amide bonds. The summed E-state index contributed by atoms with van der Waals surface area (Å²) in [7, 11) is 0. The van der Waals surface area contributed by atoms with Gasteiger partial charge in [0.15, 0.2) is 0 Å². The summed E-state index contributed by atoms with van der Waals surface area (Å²) in [5, 5.41) is 2.79. The molecule has 6 heteroatoms. The second kappa shape index (κ2) is 9.41. The number of rotatable bonds is 7. The van der Waals surface area contributed by atoms with Gasteiger partial charge in [-0.1, -0.05) is 77.8 Å². The van der Waals surface area contributed by atoms with Crippen LogP contribution in [0, 0.1) is 0 Å². The first kappa shape index (κ1) is 19.9. The minimum atomic E-state index is -2.24. The van der Waals surface area contributed by atoms with Crippen LogP contribution in [0.3, 0.4) is 0 Å². The number of benzene rings is 3. The maximum Gasteiger partial charge on any atom is 0.241 e. The second-order valence-corrected chi connectivity index (χ2v) is 7.37. The zero-order valence-corrected chi connectivity index (χ0v) is 16.0. The quantitative estimate of drug-likeness (QED) is 0.603. The van der Waals surface area contributed by atoms with Crippen LogP contribution in [0.4, 0.5) is 5.69 Å². The molecule has 5 nitrogen and oxygen atoms in total. The third-order valence-corrected chi connectivity index (χ3v) is 4.91. The maximum absolute atomic E-state index is 12.4. The van der Waals surface area contributed by atoms with Gasteiger partial charge in [0.1, 0.15) is 0 Å². The lowest BCUT2D eigenvalue weighted by Gasteiger charge is -2.16. The number of hydrogen-bond acceptors (Lipinski definition) is 4. The Hall–Kier alpha value is -2.80. The van der Waals surface area contributed by atoms with E-state index < -0.39 is 17.1 Å². The molecule has 0 spiro atoms. The van der Waals surface area contributed by atoms with Crippen LogP contribution >= 0.6 is 0 Å². The molecule has 3 N–H and O–H groups in total. The first-order valence-corrected chi connectivity index (χ1v) is 10.1. The minimum absolute atomic E-state index is 0.135. The van der Waals surface area contributed by atoms with E-state index in [9.17, 15) is 13.6 Å². The SMILES string of the molecule is N[C@H](Cc1ccccc1)C(=O)Nc1ccc(-c2ccccc2)c(CS(=O)[O-])c1. The summed E-state index contributed by atoms with van der Waals surface area (Å²) >= 11 is -2.24. The van der Waals surface area contributed by atoms with Gasteiger partial charge in [0, 0.05) is 11.4 Å². The van der Waals surface area contributed by atoms with Crippen LogP contribution < -0.4 is 11.1 Å². The van der Waals surface area contributed by atoms with Gasteiger partial charge in [-0.05, 0) is 40.8 Å². The molecule has 0 aliphatic heterocycles. The number of nitrogens with one attached hydrogen (secondary N) is 1. The fourth-order valence-corrected chi connectivity index (χ4v) is 3.51. The van der Waals surface area contributed by atoms with Gasteiger partial charge in [0.25, 0.3) is 0 Å². The van der Waals surface area contributed by atoms with Crippen LogP contribution in [0.25, 0.3) is 11.1 Å². The van der Waals surface area contributed by atoms with Crippen molar-refractivity contribution in [1.82, 2.24) is 0 Å². The van der Waals surface area contributed by atoms with Gasteiger partial charge in [0.2, 0.25) is 5.91 Å². The standard InChI is InChI=1S/C22H22N2O3S/c23-21(13-16-7-3-1-4-8-16)22(25)24-19-11-12-20(17-9-5-2-6-10-17)18(14-19)15-28(26)27/h1-12,14,21H,13,15,23H2,(H,24,25)(H,26,27)/p-1/t21-/m1/s1. The molecule has 0 radical (unpaired) electrons. The Kier molecular flexibility index (Phi) is 6.71. The van der Waals surface area contributed by atoms with Gasteiger partial charge in [-0.3, -0.25) is 9.00 Å². The molecular formula is C22H21N2O3S-. The van der Waals surface area contributed by atoms with Crippen LogP contribution in [0.5, 0.6) is 0 Å². The molecule has 3 aromatic carbocycles. The van der Waals surface area contributed by atoms with Crippen LogP contribution in [-0.4, -0.2) is 20.7 Å². The van der Waals surface area contributed by atoms with Gasteiger partial charge in [0.05, 0.1) is 6.04 Å². The Balaban J connectivity index is 1.78. The molecule has 0 fully saturated rings. The average Bonchev–Trinajstić information content (AvgIpc) is 2.69. The monoisotopic (exact) mass is 393 g/mol. The van der Waals surface area contributed by atoms with Crippen LogP contribution in [0.2, 0.25) is 0 Å². The van der Waals surface area contributed by atoms with Crippen molar-refractivity contribution in [2.24, 2.45) is 5.73 Å². The molecule has 2 atom stereocenters. The minimum Gasteiger partial charge on any atom is -0.772 e. The van der Waals surface area contributed by atoms with Crippen molar-refractivity contribution in [2.75, 3.05) is 5.32 Å². The number of carbonyl (C=O) groups is 1. The maximum atomic E-state index is 12.4. The number of amides is 1. The van der Waals surface area contributed by atoms with Gasteiger partial charge in [-0.25, -0.2) is 0 Å². The van der Waals surface area contributed by atoms with Crippen LogP contribution in [0.15, 0.2) is 78.9 Å². The lowest BCUT2D eigenvalue weighted by Crippen LogP contribution is -2.37. The van der Waals surface area contributed by atoms with E-state index in [0.717, 1.165) is 16.7 Å². The van der Waals surface area contributed by atoms with Crippen molar-refractivity contribution in [1.29, 1.82) is 0 Å². The molecule has 0 saturated carbocycles. The van der Waals surface area contributed by atoms with Gasteiger partial charge >= 0.3 is 0 Å². The molecule has 28 heavy (non-hydrogen) atoms. The van der Waals surface area contributed by atoms with Gasteiger partial charge in [-0.2, -0.15) is 0 Å². The Morgan fingerprint density at radius 3 is 2.29 bits per heavy atom. The fourth-order valence-electron chi connectivity index (χ4n) is 3.01. The molecule has 0 aromatic heterocycles. The van der Waals surface area contributed by atoms with E-state index in [-0.39, 0.29) is 11.7 Å². The zero-order valence-electron chi connectivity index (χ0n) is 15.2. The highest BCUT2D eigenvalue weighted by molar-refractivity contribution is 7.78. The van der Waals surface area contributed by atoms with Crippen molar-refractivity contribution in [3.05, 3.63) is 90.0 Å². The zero-order chi connectivity index (χ0) is 19.9. The summed E-state index contributed by atoms with van der Waals surface area (Å²) in [4.78, 5) is 12.4. The molecule has 0 saturated heterocycles. The van der Waals surface area contributed by atoms with Crippen molar-refractivity contribution in [3.63, 3.8) is 0 Å². The Labute approximate surface area is 166 Å². The van der Waals surface area contributed by atoms with Crippen LogP contribution in [-0.2, 0) is 28.0 Å². The van der Waals surface area contributed by atoms with E-state index in [1.807, 2.05) is 66.7 Å². The highest BCUT2D eigenvalue weighted by Gasteiger charge is 2.15. The van der Waals surface area contributed by atoms with E-state index >= 15 is 0 Å². The first-order valence-electron chi connectivity index (χ1n) is 8.87. The van der Waals surface area contributed by atoms with E-state index in [2.05, 4.69) is 5.32 Å². The largest absolute Gasteiger partial charge is 0.772 e. The molecule has 1 unspecified atom stereocenters. The average molecular weight is 393 g/mol. The third-order valence-electron chi connectivity index (χ3n) is 4.37. The first-order chi connectivity index (χ1) is 13.5. The molecule has 0 aliphatic rings. The van der Waals surface area contributed by atoms with Crippen molar-refractivity contribution < 1.29 is 13.6 Å². The summed E-state index contributed by atoms with van der Waals surface area (Å²) in [5.74, 6) is -0.449. The summed E-state index contributed by atoms with van der Waals surface area (Å²) in [5.41, 5.74) is 9.88. The predicted molar refractivity (Wildman–Crippen MR) is 111 cm³/mol.